The molecule has 2 heterocycles. The van der Waals surface area contributed by atoms with Crippen LogP contribution in [0.25, 0.3) is 0 Å². The molecule has 0 bridgehead atoms. The number of rotatable bonds is 2. The van der Waals surface area contributed by atoms with Crippen LogP contribution < -0.4 is 4.90 Å². The second-order valence-electron chi connectivity index (χ2n) is 4.67. The molecule has 16 heavy (non-hydrogen) atoms. The van der Waals surface area contributed by atoms with E-state index < -0.39 is 0 Å². The number of alkyl halides is 1. The smallest absolute Gasteiger partial charge is 0.0801 e. The molecule has 0 radical (unpaired) electrons. The zero-order valence-corrected chi connectivity index (χ0v) is 10.5. The normalized spacial score (nSPS) is 19.8. The number of ether oxygens (including phenoxy) is 1. The average Bonchev–Trinajstić information content (AvgIpc) is 2.27. The minimum atomic E-state index is -0.0922. The van der Waals surface area contributed by atoms with Crippen molar-refractivity contribution in [2.75, 3.05) is 24.6 Å². The Morgan fingerprint density at radius 2 is 2.38 bits per heavy atom. The van der Waals surface area contributed by atoms with E-state index in [-0.39, 0.29) is 5.60 Å². The highest BCUT2D eigenvalue weighted by Crippen LogP contribution is 2.26. The van der Waals surface area contributed by atoms with Crippen LogP contribution in [0.5, 0.6) is 0 Å². The van der Waals surface area contributed by atoms with Gasteiger partial charge in [0.15, 0.2) is 0 Å². The first-order valence-electron chi connectivity index (χ1n) is 5.50. The standard InChI is InChI=1S/C12H17ClN2O/c1-12(2)9-15(5-6-16-12)11-3-4-14-8-10(11)7-13/h3-4,8H,5-7,9H2,1-2H3. The highest BCUT2D eigenvalue weighted by Gasteiger charge is 2.28. The fraction of sp³-hybridized carbons (Fsp3) is 0.583. The van der Waals surface area contributed by atoms with Crippen molar-refractivity contribution in [1.82, 2.24) is 4.98 Å². The van der Waals surface area contributed by atoms with Gasteiger partial charge in [-0.1, -0.05) is 0 Å². The van der Waals surface area contributed by atoms with E-state index in [9.17, 15) is 0 Å². The lowest BCUT2D eigenvalue weighted by Crippen LogP contribution is -2.48. The Kier molecular flexibility index (Phi) is 3.36. The fourth-order valence-corrected chi connectivity index (χ4v) is 2.26. The summed E-state index contributed by atoms with van der Waals surface area (Å²) in [5.74, 6) is 0.501. The van der Waals surface area contributed by atoms with Crippen LogP contribution in [-0.4, -0.2) is 30.3 Å². The van der Waals surface area contributed by atoms with E-state index in [0.717, 1.165) is 25.3 Å². The average molecular weight is 241 g/mol. The molecule has 0 atom stereocenters. The Morgan fingerprint density at radius 3 is 3.06 bits per heavy atom. The summed E-state index contributed by atoms with van der Waals surface area (Å²) in [6.45, 7) is 6.79. The zero-order chi connectivity index (χ0) is 11.6. The predicted octanol–water partition coefficient (Wildman–Crippen LogP) is 2.44. The molecule has 4 heteroatoms. The quantitative estimate of drug-likeness (QED) is 0.743. The molecular formula is C12H17ClN2O. The van der Waals surface area contributed by atoms with Gasteiger partial charge in [-0.15, -0.1) is 11.6 Å². The van der Waals surface area contributed by atoms with Crippen molar-refractivity contribution in [1.29, 1.82) is 0 Å². The van der Waals surface area contributed by atoms with Crippen LogP contribution >= 0.6 is 11.6 Å². The van der Waals surface area contributed by atoms with Gasteiger partial charge in [0, 0.05) is 36.7 Å². The molecule has 0 aromatic carbocycles. The number of halogens is 1. The Labute approximate surface area is 101 Å². The third kappa shape index (κ3) is 2.47. The second kappa shape index (κ2) is 4.60. The maximum Gasteiger partial charge on any atom is 0.0801 e. The van der Waals surface area contributed by atoms with E-state index in [4.69, 9.17) is 16.3 Å². The van der Waals surface area contributed by atoms with E-state index in [1.165, 1.54) is 5.69 Å². The van der Waals surface area contributed by atoms with Crippen molar-refractivity contribution in [3.8, 4) is 0 Å². The topological polar surface area (TPSA) is 25.4 Å². The largest absolute Gasteiger partial charge is 0.372 e. The molecule has 1 aromatic rings. The molecular weight excluding hydrogens is 224 g/mol. The third-order valence-corrected chi connectivity index (χ3v) is 3.08. The molecule has 1 saturated heterocycles. The Balaban J connectivity index is 2.23. The van der Waals surface area contributed by atoms with Crippen LogP contribution in [0.3, 0.4) is 0 Å². The SMILES string of the molecule is CC1(C)CN(c2ccncc2CCl)CCO1. The molecule has 0 unspecified atom stereocenters. The first-order chi connectivity index (χ1) is 7.62. The highest BCUT2D eigenvalue weighted by molar-refractivity contribution is 6.17. The Morgan fingerprint density at radius 1 is 1.56 bits per heavy atom. The molecule has 1 aliphatic rings. The maximum atomic E-state index is 5.92. The lowest BCUT2D eigenvalue weighted by molar-refractivity contribution is -0.0277. The lowest BCUT2D eigenvalue weighted by Gasteiger charge is -2.40. The Hall–Kier alpha value is -0.800. The van der Waals surface area contributed by atoms with Crippen LogP contribution in [-0.2, 0) is 10.6 Å². The molecule has 0 N–H and O–H groups in total. The first kappa shape index (κ1) is 11.7. The van der Waals surface area contributed by atoms with E-state index in [1.54, 1.807) is 0 Å². The van der Waals surface area contributed by atoms with Crippen molar-refractivity contribution in [3.63, 3.8) is 0 Å². The van der Waals surface area contributed by atoms with Gasteiger partial charge in [0.1, 0.15) is 0 Å². The molecule has 88 valence electrons. The van der Waals surface area contributed by atoms with Gasteiger partial charge in [-0.3, -0.25) is 4.98 Å². The van der Waals surface area contributed by atoms with Crippen LogP contribution in [0.4, 0.5) is 5.69 Å². The van der Waals surface area contributed by atoms with Crippen molar-refractivity contribution < 1.29 is 4.74 Å². The zero-order valence-electron chi connectivity index (χ0n) is 9.74. The van der Waals surface area contributed by atoms with Gasteiger partial charge in [-0.2, -0.15) is 0 Å². The minimum absolute atomic E-state index is 0.0922. The van der Waals surface area contributed by atoms with Crippen LogP contribution in [0.15, 0.2) is 18.5 Å². The summed E-state index contributed by atoms with van der Waals surface area (Å²) in [4.78, 5) is 6.43. The van der Waals surface area contributed by atoms with Gasteiger partial charge >= 0.3 is 0 Å². The van der Waals surface area contributed by atoms with E-state index in [1.807, 2.05) is 18.5 Å². The van der Waals surface area contributed by atoms with E-state index in [0.29, 0.717) is 5.88 Å². The molecule has 1 aliphatic heterocycles. The van der Waals surface area contributed by atoms with Gasteiger partial charge in [0.25, 0.3) is 0 Å². The number of aromatic nitrogens is 1. The summed E-state index contributed by atoms with van der Waals surface area (Å²) in [6.07, 6.45) is 3.65. The number of hydrogen-bond donors (Lipinski definition) is 0. The van der Waals surface area contributed by atoms with Crippen molar-refractivity contribution in [2.24, 2.45) is 0 Å². The predicted molar refractivity (Wildman–Crippen MR) is 66.0 cm³/mol. The van der Waals surface area contributed by atoms with Crippen LogP contribution in [0.2, 0.25) is 0 Å². The molecule has 2 rings (SSSR count). The number of hydrogen-bond acceptors (Lipinski definition) is 3. The highest BCUT2D eigenvalue weighted by atomic mass is 35.5. The van der Waals surface area contributed by atoms with E-state index in [2.05, 4.69) is 23.7 Å². The summed E-state index contributed by atoms with van der Waals surface area (Å²) in [5, 5.41) is 0. The fourth-order valence-electron chi connectivity index (χ4n) is 2.05. The molecule has 0 amide bonds. The molecule has 3 nitrogen and oxygen atoms in total. The summed E-state index contributed by atoms with van der Waals surface area (Å²) in [7, 11) is 0. The number of nitrogens with zero attached hydrogens (tertiary/aromatic N) is 2. The van der Waals surface area contributed by atoms with Gasteiger partial charge in [0.2, 0.25) is 0 Å². The third-order valence-electron chi connectivity index (χ3n) is 2.79. The number of morpholine rings is 1. The van der Waals surface area contributed by atoms with Crippen LogP contribution in [0.1, 0.15) is 19.4 Å². The summed E-state index contributed by atoms with van der Waals surface area (Å²) in [5.41, 5.74) is 2.17. The molecule has 0 saturated carbocycles. The molecule has 1 fully saturated rings. The molecule has 0 aliphatic carbocycles. The lowest BCUT2D eigenvalue weighted by atomic mass is 10.1. The maximum absolute atomic E-state index is 5.92. The van der Waals surface area contributed by atoms with Gasteiger partial charge in [-0.25, -0.2) is 0 Å². The van der Waals surface area contributed by atoms with Crippen molar-refractivity contribution in [3.05, 3.63) is 24.0 Å². The van der Waals surface area contributed by atoms with Gasteiger partial charge in [0.05, 0.1) is 18.1 Å². The van der Waals surface area contributed by atoms with Crippen LogP contribution in [0, 0.1) is 0 Å². The molecule has 0 spiro atoms. The summed E-state index contributed by atoms with van der Waals surface area (Å²) >= 11 is 5.92. The monoisotopic (exact) mass is 240 g/mol. The summed E-state index contributed by atoms with van der Waals surface area (Å²) < 4.78 is 5.70. The minimum Gasteiger partial charge on any atom is -0.372 e. The van der Waals surface area contributed by atoms with Crippen molar-refractivity contribution >= 4 is 17.3 Å². The number of anilines is 1. The van der Waals surface area contributed by atoms with E-state index >= 15 is 0 Å². The van der Waals surface area contributed by atoms with Gasteiger partial charge < -0.3 is 9.64 Å². The van der Waals surface area contributed by atoms with Gasteiger partial charge in [-0.05, 0) is 19.9 Å². The molecule has 1 aromatic heterocycles. The first-order valence-corrected chi connectivity index (χ1v) is 6.03. The summed E-state index contributed by atoms with van der Waals surface area (Å²) in [6, 6.07) is 2.03. The number of pyridine rings is 1. The second-order valence-corrected chi connectivity index (χ2v) is 4.93. The van der Waals surface area contributed by atoms with Crippen molar-refractivity contribution in [2.45, 2.75) is 25.3 Å². The Bertz CT molecular complexity index is 368.